The molecule has 2 unspecified atom stereocenters. The van der Waals surface area contributed by atoms with Crippen LogP contribution in [0.4, 0.5) is 8.78 Å². The zero-order valence-electron chi connectivity index (χ0n) is 22.3. The molecule has 1 N–H and O–H groups in total. The summed E-state index contributed by atoms with van der Waals surface area (Å²) in [4.78, 5) is 32.7. The second kappa shape index (κ2) is 10.9. The highest BCUT2D eigenvalue weighted by molar-refractivity contribution is 5.96. The highest BCUT2D eigenvalue weighted by atomic mass is 19.1. The van der Waals surface area contributed by atoms with Crippen LogP contribution in [0.15, 0.2) is 59.7 Å². The summed E-state index contributed by atoms with van der Waals surface area (Å²) in [6.45, 7) is 2.43. The van der Waals surface area contributed by atoms with Crippen molar-refractivity contribution in [2.45, 2.75) is 31.7 Å². The molecule has 1 fully saturated rings. The smallest absolute Gasteiger partial charge is 0.290 e. The summed E-state index contributed by atoms with van der Waals surface area (Å²) in [7, 11) is 3.26. The molecule has 1 aliphatic rings. The van der Waals surface area contributed by atoms with Crippen molar-refractivity contribution in [3.63, 3.8) is 0 Å². The fraction of sp³-hybridized carbons (Fsp3) is 0.310. The van der Waals surface area contributed by atoms with E-state index in [1.54, 1.807) is 27.3 Å². The lowest BCUT2D eigenvalue weighted by Gasteiger charge is -2.26. The fourth-order valence-electron chi connectivity index (χ4n) is 5.44. The van der Waals surface area contributed by atoms with Gasteiger partial charge in [-0.25, -0.2) is 8.78 Å². The van der Waals surface area contributed by atoms with E-state index in [0.717, 1.165) is 23.8 Å². The Morgan fingerprint density at radius 1 is 1.20 bits per heavy atom. The number of benzene rings is 2. The molecule has 3 heterocycles. The molecule has 1 saturated heterocycles. The third kappa shape index (κ3) is 4.94. The number of hydrogen-bond acceptors (Lipinski definition) is 6. The van der Waals surface area contributed by atoms with Gasteiger partial charge in [-0.3, -0.25) is 18.8 Å². The molecule has 40 heavy (non-hydrogen) atoms. The largest absolute Gasteiger partial charge is 0.496 e. The average molecular weight is 550 g/mol. The van der Waals surface area contributed by atoms with E-state index in [2.05, 4.69) is 10.1 Å². The minimum atomic E-state index is -0.904. The van der Waals surface area contributed by atoms with Crippen LogP contribution in [-0.2, 0) is 7.05 Å². The van der Waals surface area contributed by atoms with Gasteiger partial charge in [-0.15, -0.1) is 0 Å². The fourth-order valence-corrected chi connectivity index (χ4v) is 5.44. The second-order valence-electron chi connectivity index (χ2n) is 9.82. The molecule has 0 aliphatic carbocycles. The second-order valence-corrected chi connectivity index (χ2v) is 9.82. The van der Waals surface area contributed by atoms with Gasteiger partial charge in [0.25, 0.3) is 11.5 Å². The number of amides is 1. The summed E-state index contributed by atoms with van der Waals surface area (Å²) >= 11 is 0. The van der Waals surface area contributed by atoms with Crippen molar-refractivity contribution in [2.24, 2.45) is 7.05 Å². The quantitative estimate of drug-likeness (QED) is 0.370. The first-order valence-electron chi connectivity index (χ1n) is 12.9. The number of para-hydroxylation sites is 1. The number of rotatable bonds is 7. The Balaban J connectivity index is 1.60. The Bertz CT molecular complexity index is 1610. The lowest BCUT2D eigenvalue weighted by Crippen LogP contribution is -2.35. The molecule has 9 nitrogen and oxygen atoms in total. The molecule has 208 valence electrons. The van der Waals surface area contributed by atoms with Crippen LogP contribution in [0.3, 0.4) is 0 Å². The van der Waals surface area contributed by atoms with Crippen LogP contribution < -0.4 is 10.3 Å². The number of ether oxygens (including phenoxy) is 1. The van der Waals surface area contributed by atoms with E-state index in [1.165, 1.54) is 20.3 Å². The molecular formula is C29H29F2N5O4. The number of nitrogens with zero attached hydrogens (tertiary/aromatic N) is 5. The van der Waals surface area contributed by atoms with E-state index in [9.17, 15) is 23.5 Å². The third-order valence-corrected chi connectivity index (χ3v) is 7.30. The van der Waals surface area contributed by atoms with Gasteiger partial charge in [-0.2, -0.15) is 10.1 Å². The average Bonchev–Trinajstić information content (AvgIpc) is 3.59. The normalized spacial score (nSPS) is 15.8. The van der Waals surface area contributed by atoms with Gasteiger partial charge in [-0.1, -0.05) is 25.1 Å². The van der Waals surface area contributed by atoms with Crippen molar-refractivity contribution >= 4 is 5.91 Å². The molecule has 2 aromatic carbocycles. The summed E-state index contributed by atoms with van der Waals surface area (Å²) in [5, 5.41) is 15.7. The van der Waals surface area contributed by atoms with E-state index >= 15 is 0 Å². The molecule has 1 aliphatic heterocycles. The van der Waals surface area contributed by atoms with E-state index in [1.807, 2.05) is 24.3 Å². The maximum Gasteiger partial charge on any atom is 0.290 e. The number of carbonyl (C=O) groups excluding carboxylic acids is 1. The highest BCUT2D eigenvalue weighted by Gasteiger charge is 2.35. The summed E-state index contributed by atoms with van der Waals surface area (Å²) < 4.78 is 36.7. The predicted molar refractivity (Wildman–Crippen MR) is 143 cm³/mol. The van der Waals surface area contributed by atoms with E-state index in [-0.39, 0.29) is 23.7 Å². The topological polar surface area (TPSA) is 102 Å². The Morgan fingerprint density at radius 3 is 2.58 bits per heavy atom. The first-order chi connectivity index (χ1) is 19.2. The molecule has 4 aromatic rings. The molecule has 5 rings (SSSR count). The van der Waals surface area contributed by atoms with Crippen molar-refractivity contribution in [3.05, 3.63) is 93.5 Å². The van der Waals surface area contributed by atoms with Crippen LogP contribution in [0.5, 0.6) is 11.6 Å². The van der Waals surface area contributed by atoms with E-state index in [0.29, 0.717) is 30.8 Å². The van der Waals surface area contributed by atoms with Crippen LogP contribution in [0.25, 0.3) is 11.4 Å². The molecule has 0 radical (unpaired) electrons. The van der Waals surface area contributed by atoms with Gasteiger partial charge in [0.2, 0.25) is 5.88 Å². The van der Waals surface area contributed by atoms with Crippen molar-refractivity contribution in [3.8, 4) is 23.0 Å². The summed E-state index contributed by atoms with van der Waals surface area (Å²) in [6, 6.07) is 9.77. The van der Waals surface area contributed by atoms with Gasteiger partial charge >= 0.3 is 0 Å². The Morgan fingerprint density at radius 2 is 1.93 bits per heavy atom. The van der Waals surface area contributed by atoms with Gasteiger partial charge < -0.3 is 14.7 Å². The molecule has 0 bridgehead atoms. The first-order valence-corrected chi connectivity index (χ1v) is 12.9. The van der Waals surface area contributed by atoms with Gasteiger partial charge in [0.1, 0.15) is 17.4 Å². The van der Waals surface area contributed by atoms with Crippen LogP contribution in [-0.4, -0.2) is 55.4 Å². The van der Waals surface area contributed by atoms with Crippen molar-refractivity contribution in [2.75, 3.05) is 20.2 Å². The minimum absolute atomic E-state index is 0.0225. The lowest BCUT2D eigenvalue weighted by atomic mass is 9.97. The Labute approximate surface area is 229 Å². The van der Waals surface area contributed by atoms with E-state index < -0.39 is 40.6 Å². The Hall–Kier alpha value is -4.54. The monoisotopic (exact) mass is 549 g/mol. The number of carbonyl (C=O) groups is 1. The van der Waals surface area contributed by atoms with Crippen LogP contribution in [0.1, 0.15) is 53.2 Å². The molecule has 2 aromatic heterocycles. The number of aromatic hydroxyl groups is 1. The summed E-state index contributed by atoms with van der Waals surface area (Å²) in [5.41, 5.74) is 0.150. The number of halogens is 2. The van der Waals surface area contributed by atoms with Crippen LogP contribution >= 0.6 is 0 Å². The zero-order chi connectivity index (χ0) is 28.6. The van der Waals surface area contributed by atoms with Gasteiger partial charge in [0.15, 0.2) is 11.4 Å². The predicted octanol–water partition coefficient (Wildman–Crippen LogP) is 4.27. The van der Waals surface area contributed by atoms with Crippen LogP contribution in [0.2, 0.25) is 0 Å². The first kappa shape index (κ1) is 27.0. The third-order valence-electron chi connectivity index (χ3n) is 7.30. The summed E-state index contributed by atoms with van der Waals surface area (Å²) in [5.74, 6) is -2.16. The number of methoxy groups -OCH3 is 1. The lowest BCUT2D eigenvalue weighted by molar-refractivity contribution is 0.0783. The molecule has 11 heteroatoms. The molecule has 0 saturated carbocycles. The maximum atomic E-state index is 14.2. The van der Waals surface area contributed by atoms with Crippen molar-refractivity contribution in [1.29, 1.82) is 0 Å². The van der Waals surface area contributed by atoms with Crippen molar-refractivity contribution in [1.82, 2.24) is 24.2 Å². The standard InChI is InChI=1S/C29H29F2N5O4/c1-4-23(18-11-20(30)13-21(31)12-18)36-26(19-14-32-34(2)15-19)33-27(37)25(29(36)39)28(38)35-10-9-17(16-35)22-7-5-6-8-24(22)40-3/h5-8,11-15,17,23,39H,4,9-10,16H2,1-3H3. The Kier molecular flexibility index (Phi) is 7.38. The van der Waals surface area contributed by atoms with Crippen LogP contribution in [0, 0.1) is 11.6 Å². The maximum absolute atomic E-state index is 14.2. The van der Waals surface area contributed by atoms with Crippen molar-refractivity contribution < 1.29 is 23.4 Å². The molecule has 0 spiro atoms. The number of aryl methyl sites for hydroxylation is 1. The number of hydrogen-bond donors (Lipinski definition) is 1. The minimum Gasteiger partial charge on any atom is -0.496 e. The number of aromatic nitrogens is 4. The highest BCUT2D eigenvalue weighted by Crippen LogP contribution is 2.36. The molecule has 2 atom stereocenters. The van der Waals surface area contributed by atoms with Gasteiger partial charge in [-0.05, 0) is 42.2 Å². The zero-order valence-corrected chi connectivity index (χ0v) is 22.3. The number of likely N-dealkylation sites (tertiary alicyclic amines) is 1. The van der Waals surface area contributed by atoms with Gasteiger partial charge in [0, 0.05) is 38.3 Å². The molecule has 1 amide bonds. The SMILES string of the molecule is CCC(c1cc(F)cc(F)c1)n1c(-c2cnn(C)c2)nc(=O)c(C(=O)N2CCC(c3ccccc3OC)C2)c1O. The van der Waals surface area contributed by atoms with E-state index in [4.69, 9.17) is 4.74 Å². The molecular weight excluding hydrogens is 520 g/mol. The van der Waals surface area contributed by atoms with Gasteiger partial charge in [0.05, 0.1) is 24.9 Å². The summed E-state index contributed by atoms with van der Waals surface area (Å²) in [6.07, 6.45) is 3.96.